The topological polar surface area (TPSA) is 38.3 Å². The molecule has 1 amide bonds. The van der Waals surface area contributed by atoms with Crippen molar-refractivity contribution in [2.75, 3.05) is 6.54 Å². The van der Waals surface area contributed by atoms with Crippen LogP contribution in [-0.2, 0) is 11.3 Å². The van der Waals surface area contributed by atoms with Gasteiger partial charge in [-0.25, -0.2) is 18.0 Å². The predicted molar refractivity (Wildman–Crippen MR) is 80.0 cm³/mol. The van der Waals surface area contributed by atoms with Crippen LogP contribution in [0.15, 0.2) is 48.5 Å². The summed E-state index contributed by atoms with van der Waals surface area (Å²) in [5, 5.41) is 2.39. The van der Waals surface area contributed by atoms with E-state index in [4.69, 9.17) is 4.74 Å². The predicted octanol–water partition coefficient (Wildman–Crippen LogP) is 4.04. The lowest BCUT2D eigenvalue weighted by Gasteiger charge is -2.05. The van der Waals surface area contributed by atoms with E-state index in [9.17, 15) is 18.0 Å². The van der Waals surface area contributed by atoms with Crippen LogP contribution in [0.4, 0.5) is 18.0 Å². The maximum Gasteiger partial charge on any atom is 0.407 e. The molecule has 1 N–H and O–H groups in total. The van der Waals surface area contributed by atoms with E-state index in [1.165, 1.54) is 6.08 Å². The van der Waals surface area contributed by atoms with E-state index in [1.807, 2.05) is 30.3 Å². The molecule has 23 heavy (non-hydrogen) atoms. The van der Waals surface area contributed by atoms with Crippen LogP contribution in [0.25, 0.3) is 6.08 Å². The van der Waals surface area contributed by atoms with Crippen molar-refractivity contribution in [2.24, 2.45) is 0 Å². The summed E-state index contributed by atoms with van der Waals surface area (Å²) < 4.78 is 44.7. The van der Waals surface area contributed by atoms with Gasteiger partial charge in [0, 0.05) is 12.1 Å². The number of carbonyl (C=O) groups is 1. The molecule has 2 aromatic rings. The third kappa shape index (κ3) is 4.88. The van der Waals surface area contributed by atoms with Crippen molar-refractivity contribution in [3.8, 4) is 0 Å². The highest BCUT2D eigenvalue weighted by atomic mass is 19.2. The third-order valence-corrected chi connectivity index (χ3v) is 2.94. The van der Waals surface area contributed by atoms with Gasteiger partial charge in [-0.2, -0.15) is 0 Å². The van der Waals surface area contributed by atoms with Gasteiger partial charge in [-0.05, 0) is 17.7 Å². The molecular weight excluding hydrogens is 307 g/mol. The number of benzene rings is 2. The number of rotatable bonds is 5. The van der Waals surface area contributed by atoms with Crippen molar-refractivity contribution in [3.63, 3.8) is 0 Å². The Labute approximate surface area is 131 Å². The van der Waals surface area contributed by atoms with Gasteiger partial charge in [-0.1, -0.05) is 42.5 Å². The monoisotopic (exact) mass is 321 g/mol. The van der Waals surface area contributed by atoms with Crippen LogP contribution in [0.2, 0.25) is 0 Å². The molecule has 0 heterocycles. The summed E-state index contributed by atoms with van der Waals surface area (Å²) in [7, 11) is 0. The Balaban J connectivity index is 1.80. The van der Waals surface area contributed by atoms with Crippen LogP contribution in [0.3, 0.4) is 0 Å². The van der Waals surface area contributed by atoms with Gasteiger partial charge in [-0.15, -0.1) is 0 Å². The Bertz CT molecular complexity index is 702. The van der Waals surface area contributed by atoms with Gasteiger partial charge in [0.15, 0.2) is 11.6 Å². The van der Waals surface area contributed by atoms with Crippen LogP contribution in [0, 0.1) is 17.5 Å². The molecule has 0 radical (unpaired) electrons. The van der Waals surface area contributed by atoms with Crippen LogP contribution < -0.4 is 5.32 Å². The summed E-state index contributed by atoms with van der Waals surface area (Å²) in [6.07, 6.45) is 1.69. The number of carbonyl (C=O) groups excluding carboxylic acids is 1. The molecule has 0 saturated carbocycles. The van der Waals surface area contributed by atoms with E-state index in [-0.39, 0.29) is 13.2 Å². The van der Waals surface area contributed by atoms with Gasteiger partial charge in [0.25, 0.3) is 0 Å². The van der Waals surface area contributed by atoms with Crippen molar-refractivity contribution >= 4 is 12.2 Å². The number of alkyl carbamates (subject to hydrolysis) is 1. The minimum Gasteiger partial charge on any atom is -0.445 e. The van der Waals surface area contributed by atoms with Gasteiger partial charge in [0.05, 0.1) is 0 Å². The van der Waals surface area contributed by atoms with E-state index in [1.54, 1.807) is 0 Å². The summed E-state index contributed by atoms with van der Waals surface area (Å²) >= 11 is 0. The summed E-state index contributed by atoms with van der Waals surface area (Å²) in [5.41, 5.74) is 0.339. The van der Waals surface area contributed by atoms with Gasteiger partial charge in [-0.3, -0.25) is 0 Å². The molecule has 0 spiro atoms. The van der Waals surface area contributed by atoms with E-state index in [0.29, 0.717) is 6.07 Å². The minimum atomic E-state index is -1.27. The van der Waals surface area contributed by atoms with E-state index >= 15 is 0 Å². The standard InChI is InChI=1S/C17H14F3NO2/c18-14-8-9-15(19)16(20)13(14)7-4-10-21-17(22)23-11-12-5-2-1-3-6-12/h1-9H,10-11H2,(H,21,22). The normalized spacial score (nSPS) is 10.7. The molecule has 0 aliphatic rings. The highest BCUT2D eigenvalue weighted by Crippen LogP contribution is 2.16. The van der Waals surface area contributed by atoms with Crippen molar-refractivity contribution in [2.45, 2.75) is 6.61 Å². The first-order chi connectivity index (χ1) is 11.1. The van der Waals surface area contributed by atoms with Crippen LogP contribution >= 0.6 is 0 Å². The molecule has 0 saturated heterocycles. The largest absolute Gasteiger partial charge is 0.445 e. The van der Waals surface area contributed by atoms with Gasteiger partial charge in [0.1, 0.15) is 12.4 Å². The lowest BCUT2D eigenvalue weighted by Crippen LogP contribution is -2.24. The Morgan fingerprint density at radius 3 is 2.48 bits per heavy atom. The molecule has 6 heteroatoms. The first-order valence-corrected chi connectivity index (χ1v) is 6.82. The number of hydrogen-bond acceptors (Lipinski definition) is 2. The molecule has 2 rings (SSSR count). The molecule has 0 unspecified atom stereocenters. The Hall–Kier alpha value is -2.76. The number of ether oxygens (including phenoxy) is 1. The van der Waals surface area contributed by atoms with E-state index in [2.05, 4.69) is 5.32 Å². The summed E-state index contributed by atoms with van der Waals surface area (Å²) in [6.45, 7) is 0.104. The summed E-state index contributed by atoms with van der Waals surface area (Å²) in [5.74, 6) is -3.29. The molecule has 120 valence electrons. The van der Waals surface area contributed by atoms with E-state index < -0.39 is 29.1 Å². The van der Waals surface area contributed by atoms with Crippen molar-refractivity contribution in [3.05, 3.63) is 77.1 Å². The molecular formula is C17H14F3NO2. The first-order valence-electron chi connectivity index (χ1n) is 6.82. The average molecular weight is 321 g/mol. The number of halogens is 3. The van der Waals surface area contributed by atoms with Gasteiger partial charge in [0.2, 0.25) is 0 Å². The molecule has 0 fully saturated rings. The Kier molecular flexibility index (Phi) is 5.80. The summed E-state index contributed by atoms with van der Waals surface area (Å²) in [6, 6.07) is 10.6. The zero-order chi connectivity index (χ0) is 16.7. The second-order valence-corrected chi connectivity index (χ2v) is 4.60. The van der Waals surface area contributed by atoms with Gasteiger partial charge < -0.3 is 10.1 Å². The van der Waals surface area contributed by atoms with E-state index in [0.717, 1.165) is 17.7 Å². The molecule has 0 bridgehead atoms. The quantitative estimate of drug-likeness (QED) is 0.844. The second-order valence-electron chi connectivity index (χ2n) is 4.60. The molecule has 0 aliphatic heterocycles. The number of nitrogens with one attached hydrogen (secondary N) is 1. The van der Waals surface area contributed by atoms with Crippen molar-refractivity contribution in [1.82, 2.24) is 5.32 Å². The Morgan fingerprint density at radius 1 is 1.04 bits per heavy atom. The molecule has 0 aromatic heterocycles. The maximum atomic E-state index is 13.4. The Morgan fingerprint density at radius 2 is 1.74 bits per heavy atom. The lowest BCUT2D eigenvalue weighted by molar-refractivity contribution is 0.141. The lowest BCUT2D eigenvalue weighted by atomic mass is 10.1. The van der Waals surface area contributed by atoms with Gasteiger partial charge >= 0.3 is 6.09 Å². The van der Waals surface area contributed by atoms with Crippen molar-refractivity contribution in [1.29, 1.82) is 0 Å². The molecule has 0 aliphatic carbocycles. The zero-order valence-corrected chi connectivity index (χ0v) is 12.1. The average Bonchev–Trinajstić information content (AvgIpc) is 2.57. The number of amides is 1. The zero-order valence-electron chi connectivity index (χ0n) is 12.1. The molecule has 2 aromatic carbocycles. The second kappa shape index (κ2) is 8.03. The smallest absolute Gasteiger partial charge is 0.407 e. The number of hydrogen-bond donors (Lipinski definition) is 1. The molecule has 0 atom stereocenters. The fourth-order valence-electron chi connectivity index (χ4n) is 1.79. The van der Waals surface area contributed by atoms with Crippen molar-refractivity contribution < 1.29 is 22.7 Å². The highest BCUT2D eigenvalue weighted by molar-refractivity contribution is 5.67. The molecule has 3 nitrogen and oxygen atoms in total. The van der Waals surface area contributed by atoms with Crippen LogP contribution in [0.1, 0.15) is 11.1 Å². The minimum absolute atomic E-state index is 0.0109. The van der Waals surface area contributed by atoms with Crippen LogP contribution in [0.5, 0.6) is 0 Å². The van der Waals surface area contributed by atoms with Crippen LogP contribution in [-0.4, -0.2) is 12.6 Å². The maximum absolute atomic E-state index is 13.4. The fraction of sp³-hybridized carbons (Fsp3) is 0.118. The highest BCUT2D eigenvalue weighted by Gasteiger charge is 2.10. The fourth-order valence-corrected chi connectivity index (χ4v) is 1.79. The summed E-state index contributed by atoms with van der Waals surface area (Å²) in [4.78, 5) is 11.4. The SMILES string of the molecule is O=C(NCC=Cc1c(F)ccc(F)c1F)OCc1ccccc1. The third-order valence-electron chi connectivity index (χ3n) is 2.94. The first kappa shape index (κ1) is 16.6.